The maximum atomic E-state index is 13.1. The summed E-state index contributed by atoms with van der Waals surface area (Å²) in [6.45, 7) is -0.638. The zero-order valence-corrected chi connectivity index (χ0v) is 19.1. The summed E-state index contributed by atoms with van der Waals surface area (Å²) >= 11 is 6.10. The van der Waals surface area contributed by atoms with Crippen LogP contribution >= 0.6 is 11.6 Å². The van der Waals surface area contributed by atoms with Gasteiger partial charge in [-0.2, -0.15) is 13.9 Å². The number of hydrogen-bond donors (Lipinski definition) is 1. The van der Waals surface area contributed by atoms with Gasteiger partial charge < -0.3 is 15.0 Å². The molecule has 0 aliphatic carbocycles. The number of carbonyl (C=O) groups is 2. The summed E-state index contributed by atoms with van der Waals surface area (Å²) in [5.41, 5.74) is 1.46. The van der Waals surface area contributed by atoms with Gasteiger partial charge in [0.1, 0.15) is 11.6 Å². The van der Waals surface area contributed by atoms with Gasteiger partial charge in [0.15, 0.2) is 0 Å². The van der Waals surface area contributed by atoms with Gasteiger partial charge in [-0.15, -0.1) is 0 Å². The van der Waals surface area contributed by atoms with Crippen LogP contribution in [0.25, 0.3) is 5.69 Å². The highest BCUT2D eigenvalue weighted by molar-refractivity contribution is 6.30. The number of nitrogens with zero attached hydrogens (tertiary/aromatic N) is 3. The molecule has 1 unspecified atom stereocenters. The van der Waals surface area contributed by atoms with Gasteiger partial charge in [0.05, 0.1) is 22.9 Å². The highest BCUT2D eigenvalue weighted by Crippen LogP contribution is 2.26. The van der Waals surface area contributed by atoms with Crippen molar-refractivity contribution in [2.75, 3.05) is 18.4 Å². The van der Waals surface area contributed by atoms with E-state index < -0.39 is 18.4 Å². The fourth-order valence-corrected chi connectivity index (χ4v) is 4.19. The van der Waals surface area contributed by atoms with Crippen LogP contribution in [0.5, 0.6) is 5.75 Å². The number of para-hydroxylation sites is 1. The molecule has 1 aliphatic heterocycles. The van der Waals surface area contributed by atoms with E-state index in [1.54, 1.807) is 35.0 Å². The van der Waals surface area contributed by atoms with Crippen LogP contribution in [0.1, 0.15) is 28.9 Å². The van der Waals surface area contributed by atoms with Gasteiger partial charge in [0, 0.05) is 24.2 Å². The molecule has 2 aromatic carbocycles. The minimum absolute atomic E-state index is 0.0403. The average Bonchev–Trinajstić information content (AvgIpc) is 3.18. The van der Waals surface area contributed by atoms with Crippen molar-refractivity contribution in [3.05, 3.63) is 70.9 Å². The minimum Gasteiger partial charge on any atom is -0.434 e. The van der Waals surface area contributed by atoms with Gasteiger partial charge in [-0.25, -0.2) is 4.68 Å². The largest absolute Gasteiger partial charge is 0.434 e. The second kappa shape index (κ2) is 10.2. The van der Waals surface area contributed by atoms with Crippen LogP contribution in [0.15, 0.2) is 54.6 Å². The van der Waals surface area contributed by atoms with E-state index in [1.165, 1.54) is 23.1 Å². The smallest absolute Gasteiger partial charge is 0.387 e. The Morgan fingerprint density at radius 3 is 2.74 bits per heavy atom. The van der Waals surface area contributed by atoms with Gasteiger partial charge in [-0.3, -0.25) is 9.59 Å². The number of hydrogen-bond acceptors (Lipinski definition) is 4. The Labute approximate surface area is 200 Å². The number of aryl methyl sites for hydroxylation is 1. The normalized spacial score (nSPS) is 15.9. The average molecular weight is 489 g/mol. The minimum atomic E-state index is -3.04. The molecule has 3 aromatic rings. The van der Waals surface area contributed by atoms with Crippen LogP contribution < -0.4 is 10.1 Å². The Balaban J connectivity index is 1.49. The quantitative estimate of drug-likeness (QED) is 0.534. The van der Waals surface area contributed by atoms with E-state index in [2.05, 4.69) is 15.2 Å². The lowest BCUT2D eigenvalue weighted by Crippen LogP contribution is -2.44. The SMILES string of the molecule is Cc1cc(NC(=O)C2CCCN(C(=O)c3ccccc3OC(F)F)C2)n(-c2cccc(Cl)c2)n1. The third kappa shape index (κ3) is 5.36. The number of carbonyl (C=O) groups excluding carboxylic acids is 2. The summed E-state index contributed by atoms with van der Waals surface area (Å²) in [6, 6.07) is 14.7. The van der Waals surface area contributed by atoms with Crippen LogP contribution in [0, 0.1) is 12.8 Å². The van der Waals surface area contributed by atoms with Gasteiger partial charge in [-0.05, 0) is 50.1 Å². The summed E-state index contributed by atoms with van der Waals surface area (Å²) in [7, 11) is 0. The first kappa shape index (κ1) is 23.7. The Bertz CT molecular complexity index is 1200. The predicted octanol–water partition coefficient (Wildman–Crippen LogP) is 4.93. The number of benzene rings is 2. The molecule has 0 bridgehead atoms. The van der Waals surface area contributed by atoms with Crippen molar-refractivity contribution in [3.8, 4) is 11.4 Å². The van der Waals surface area contributed by atoms with Gasteiger partial charge in [0.25, 0.3) is 5.91 Å². The van der Waals surface area contributed by atoms with Crippen LogP contribution in [-0.2, 0) is 4.79 Å². The van der Waals surface area contributed by atoms with E-state index in [9.17, 15) is 18.4 Å². The van der Waals surface area contributed by atoms with E-state index in [0.717, 1.165) is 0 Å². The Hall–Kier alpha value is -3.46. The first-order valence-corrected chi connectivity index (χ1v) is 11.2. The maximum Gasteiger partial charge on any atom is 0.387 e. The molecular weight excluding hydrogens is 466 g/mol. The second-order valence-electron chi connectivity index (χ2n) is 8.02. The highest BCUT2D eigenvalue weighted by atomic mass is 35.5. The number of alkyl halides is 2. The number of halogens is 3. The zero-order valence-electron chi connectivity index (χ0n) is 18.4. The molecule has 0 saturated carbocycles. The van der Waals surface area contributed by atoms with Crippen molar-refractivity contribution in [1.29, 1.82) is 0 Å². The molecule has 10 heteroatoms. The summed E-state index contributed by atoms with van der Waals surface area (Å²) < 4.78 is 31.6. The number of ether oxygens (including phenoxy) is 1. The van der Waals surface area contributed by atoms with E-state index in [4.69, 9.17) is 11.6 Å². The molecule has 1 fully saturated rings. The number of rotatable bonds is 6. The lowest BCUT2D eigenvalue weighted by molar-refractivity contribution is -0.121. The van der Waals surface area contributed by atoms with Gasteiger partial charge >= 0.3 is 6.61 Å². The van der Waals surface area contributed by atoms with Crippen molar-refractivity contribution in [3.63, 3.8) is 0 Å². The standard InChI is InChI=1S/C24H23ClF2N4O3/c1-15-12-21(31(29-15)18-8-4-7-17(25)13-18)28-22(32)16-6-5-11-30(14-16)23(33)19-9-2-3-10-20(19)34-24(26)27/h2-4,7-10,12-13,16,24H,5-6,11,14H2,1H3,(H,28,32). The van der Waals surface area contributed by atoms with Crippen LogP contribution in [0.3, 0.4) is 0 Å². The summed E-state index contributed by atoms with van der Waals surface area (Å²) in [5.74, 6) is -0.867. The first-order chi connectivity index (χ1) is 16.3. The molecule has 34 heavy (non-hydrogen) atoms. The number of piperidine rings is 1. The molecule has 2 amide bonds. The van der Waals surface area contributed by atoms with E-state index in [0.29, 0.717) is 41.6 Å². The number of nitrogens with one attached hydrogen (secondary N) is 1. The van der Waals surface area contributed by atoms with Crippen molar-refractivity contribution in [2.45, 2.75) is 26.4 Å². The molecule has 178 valence electrons. The monoisotopic (exact) mass is 488 g/mol. The summed E-state index contributed by atoms with van der Waals surface area (Å²) in [5, 5.41) is 7.89. The van der Waals surface area contributed by atoms with Crippen LogP contribution in [0.4, 0.5) is 14.6 Å². The van der Waals surface area contributed by atoms with Gasteiger partial charge in [-0.1, -0.05) is 29.8 Å². The molecule has 1 N–H and O–H groups in total. The van der Waals surface area contributed by atoms with Crippen molar-refractivity contribution < 1.29 is 23.1 Å². The van der Waals surface area contributed by atoms with E-state index >= 15 is 0 Å². The third-order valence-corrected chi connectivity index (χ3v) is 5.78. The molecule has 4 rings (SSSR count). The number of anilines is 1. The molecule has 1 aliphatic rings. The molecule has 7 nitrogen and oxygen atoms in total. The Morgan fingerprint density at radius 1 is 1.18 bits per heavy atom. The molecule has 0 spiro atoms. The summed E-state index contributed by atoms with van der Waals surface area (Å²) in [4.78, 5) is 27.7. The van der Waals surface area contributed by atoms with Crippen LogP contribution in [0.2, 0.25) is 5.02 Å². The van der Waals surface area contributed by atoms with Crippen LogP contribution in [-0.4, -0.2) is 46.2 Å². The number of aromatic nitrogens is 2. The van der Waals surface area contributed by atoms with Crippen molar-refractivity contribution in [2.24, 2.45) is 5.92 Å². The molecule has 1 aromatic heterocycles. The highest BCUT2D eigenvalue weighted by Gasteiger charge is 2.31. The summed E-state index contributed by atoms with van der Waals surface area (Å²) in [6.07, 6.45) is 1.20. The molecule has 0 radical (unpaired) electrons. The lowest BCUT2D eigenvalue weighted by Gasteiger charge is -2.32. The number of amides is 2. The van der Waals surface area contributed by atoms with E-state index in [1.807, 2.05) is 13.0 Å². The van der Waals surface area contributed by atoms with Gasteiger partial charge in [0.2, 0.25) is 5.91 Å². The van der Waals surface area contributed by atoms with Crippen molar-refractivity contribution >= 4 is 29.2 Å². The fraction of sp³-hybridized carbons (Fsp3) is 0.292. The second-order valence-corrected chi connectivity index (χ2v) is 8.45. The number of likely N-dealkylation sites (tertiary alicyclic amines) is 1. The molecule has 1 atom stereocenters. The Kier molecular flexibility index (Phi) is 7.12. The Morgan fingerprint density at radius 2 is 1.97 bits per heavy atom. The molecule has 2 heterocycles. The van der Waals surface area contributed by atoms with Crippen molar-refractivity contribution in [1.82, 2.24) is 14.7 Å². The lowest BCUT2D eigenvalue weighted by atomic mass is 9.96. The third-order valence-electron chi connectivity index (χ3n) is 5.55. The molecule has 1 saturated heterocycles. The zero-order chi connectivity index (χ0) is 24.2. The topological polar surface area (TPSA) is 76.5 Å². The predicted molar refractivity (Wildman–Crippen MR) is 124 cm³/mol. The fourth-order valence-electron chi connectivity index (χ4n) is 4.01. The van der Waals surface area contributed by atoms with E-state index in [-0.39, 0.29) is 23.8 Å². The molecular formula is C24H23ClF2N4O3. The first-order valence-electron chi connectivity index (χ1n) is 10.8. The maximum absolute atomic E-state index is 13.1.